The van der Waals surface area contributed by atoms with Crippen LogP contribution < -0.4 is 11.2 Å². The van der Waals surface area contributed by atoms with Gasteiger partial charge in [-0.3, -0.25) is 24.0 Å². The molecular formula is C23H29FN6O3. The summed E-state index contributed by atoms with van der Waals surface area (Å²) in [6.45, 7) is 6.98. The lowest BCUT2D eigenvalue weighted by molar-refractivity contribution is 0.0624. The predicted molar refractivity (Wildman–Crippen MR) is 123 cm³/mol. The average Bonchev–Trinajstić information content (AvgIpc) is 3.11. The summed E-state index contributed by atoms with van der Waals surface area (Å²) in [5, 5.41) is 0. The first-order valence-corrected chi connectivity index (χ1v) is 11.3. The average molecular weight is 457 g/mol. The summed E-state index contributed by atoms with van der Waals surface area (Å²) in [5.74, 6) is 0.128. The van der Waals surface area contributed by atoms with Crippen LogP contribution in [-0.2, 0) is 20.1 Å². The van der Waals surface area contributed by atoms with Crippen LogP contribution in [0.25, 0.3) is 11.2 Å². The quantitative estimate of drug-likeness (QED) is 0.608. The van der Waals surface area contributed by atoms with E-state index in [9.17, 15) is 18.8 Å². The summed E-state index contributed by atoms with van der Waals surface area (Å²) in [6, 6.07) is 4.56. The van der Waals surface area contributed by atoms with Gasteiger partial charge in [-0.15, -0.1) is 0 Å². The number of aromatic amines is 1. The maximum Gasteiger partial charge on any atom is 0.330 e. The zero-order valence-electron chi connectivity index (χ0n) is 19.2. The van der Waals surface area contributed by atoms with Gasteiger partial charge >= 0.3 is 5.69 Å². The number of benzene rings is 1. The van der Waals surface area contributed by atoms with Gasteiger partial charge in [-0.2, -0.15) is 0 Å². The van der Waals surface area contributed by atoms with Gasteiger partial charge in [0.05, 0.1) is 6.54 Å². The van der Waals surface area contributed by atoms with E-state index in [0.717, 1.165) is 12.8 Å². The molecular weight excluding hydrogens is 427 g/mol. The molecule has 33 heavy (non-hydrogen) atoms. The Morgan fingerprint density at radius 3 is 2.58 bits per heavy atom. The van der Waals surface area contributed by atoms with Crippen LogP contribution in [0.4, 0.5) is 4.39 Å². The minimum absolute atomic E-state index is 0.178. The van der Waals surface area contributed by atoms with E-state index >= 15 is 0 Å². The Labute approximate surface area is 190 Å². The molecule has 2 aromatic heterocycles. The van der Waals surface area contributed by atoms with Crippen molar-refractivity contribution in [1.29, 1.82) is 0 Å². The van der Waals surface area contributed by atoms with Crippen molar-refractivity contribution in [2.75, 3.05) is 26.2 Å². The van der Waals surface area contributed by atoms with Gasteiger partial charge in [0.2, 0.25) is 0 Å². The Kier molecular flexibility index (Phi) is 6.46. The first-order chi connectivity index (χ1) is 15.8. The minimum atomic E-state index is -0.440. The molecule has 10 heteroatoms. The second-order valence-corrected chi connectivity index (χ2v) is 8.56. The third-order valence-corrected chi connectivity index (χ3v) is 6.28. The SMILES string of the molecule is CCCCn1c(=O)[nH]c(=O)c2c1nc(CN1CCN(C(=O)c3ccc(C)c(F)c3)CC1)n2C. The highest BCUT2D eigenvalue weighted by atomic mass is 19.1. The Balaban J connectivity index is 1.49. The molecule has 1 N–H and O–H groups in total. The van der Waals surface area contributed by atoms with Crippen LogP contribution in [0.1, 0.15) is 41.5 Å². The largest absolute Gasteiger partial charge is 0.336 e. The van der Waals surface area contributed by atoms with Crippen LogP contribution in [-0.4, -0.2) is 61.0 Å². The number of rotatable bonds is 6. The molecule has 1 amide bonds. The van der Waals surface area contributed by atoms with E-state index in [2.05, 4.69) is 14.9 Å². The normalized spacial score (nSPS) is 14.8. The topological polar surface area (TPSA) is 96.2 Å². The number of hydrogen-bond donors (Lipinski definition) is 1. The zero-order chi connectivity index (χ0) is 23.7. The third-order valence-electron chi connectivity index (χ3n) is 6.28. The number of piperazine rings is 1. The molecule has 0 saturated carbocycles. The lowest BCUT2D eigenvalue weighted by atomic mass is 10.1. The fourth-order valence-electron chi connectivity index (χ4n) is 4.17. The Hall–Kier alpha value is -3.27. The summed E-state index contributed by atoms with van der Waals surface area (Å²) < 4.78 is 17.1. The number of hydrogen-bond acceptors (Lipinski definition) is 5. The first kappa shape index (κ1) is 22.9. The van der Waals surface area contributed by atoms with Crippen LogP contribution in [0.3, 0.4) is 0 Å². The maximum atomic E-state index is 13.9. The van der Waals surface area contributed by atoms with E-state index < -0.39 is 11.2 Å². The van der Waals surface area contributed by atoms with Crippen molar-refractivity contribution in [3.05, 3.63) is 61.8 Å². The van der Waals surface area contributed by atoms with E-state index in [1.165, 1.54) is 10.6 Å². The molecule has 3 heterocycles. The number of aromatic nitrogens is 4. The molecule has 0 spiro atoms. The van der Waals surface area contributed by atoms with Gasteiger partial charge in [-0.1, -0.05) is 19.4 Å². The molecule has 4 rings (SSSR count). The first-order valence-electron chi connectivity index (χ1n) is 11.3. The number of aryl methyl sites for hydroxylation is 3. The highest BCUT2D eigenvalue weighted by molar-refractivity contribution is 5.94. The molecule has 1 aliphatic rings. The summed E-state index contributed by atoms with van der Waals surface area (Å²) in [6.07, 6.45) is 1.73. The molecule has 3 aromatic rings. The number of halogens is 1. The van der Waals surface area contributed by atoms with Crippen LogP contribution in [0.2, 0.25) is 0 Å². The van der Waals surface area contributed by atoms with E-state index in [1.54, 1.807) is 35.6 Å². The molecule has 0 atom stereocenters. The predicted octanol–water partition coefficient (Wildman–Crippen LogP) is 1.63. The molecule has 0 bridgehead atoms. The summed E-state index contributed by atoms with van der Waals surface area (Å²) >= 11 is 0. The van der Waals surface area contributed by atoms with Gasteiger partial charge in [0, 0.05) is 45.3 Å². The standard InChI is InChI=1S/C23H29FN6O3/c1-4-5-8-30-20-19(21(31)26-23(30)33)27(3)18(25-20)14-28-9-11-29(12-10-28)22(32)16-7-6-15(2)17(24)13-16/h6-7,13H,4-5,8-12,14H2,1-3H3,(H,26,31,33). The van der Waals surface area contributed by atoms with Gasteiger partial charge in [0.1, 0.15) is 11.6 Å². The van der Waals surface area contributed by atoms with Crippen molar-refractivity contribution in [3.63, 3.8) is 0 Å². The molecule has 1 aromatic carbocycles. The maximum absolute atomic E-state index is 13.9. The van der Waals surface area contributed by atoms with Crippen molar-refractivity contribution in [2.24, 2.45) is 7.05 Å². The summed E-state index contributed by atoms with van der Waals surface area (Å²) in [4.78, 5) is 48.4. The summed E-state index contributed by atoms with van der Waals surface area (Å²) in [5.41, 5.74) is 0.778. The molecule has 176 valence electrons. The molecule has 9 nitrogen and oxygen atoms in total. The van der Waals surface area contributed by atoms with Crippen molar-refractivity contribution in [2.45, 2.75) is 39.8 Å². The lowest BCUT2D eigenvalue weighted by Gasteiger charge is -2.34. The monoisotopic (exact) mass is 456 g/mol. The van der Waals surface area contributed by atoms with Gasteiger partial charge in [-0.25, -0.2) is 14.2 Å². The Bertz CT molecular complexity index is 1300. The molecule has 0 unspecified atom stereocenters. The van der Waals surface area contributed by atoms with Crippen molar-refractivity contribution < 1.29 is 9.18 Å². The Morgan fingerprint density at radius 2 is 1.91 bits per heavy atom. The van der Waals surface area contributed by atoms with Crippen molar-refractivity contribution in [1.82, 2.24) is 28.9 Å². The van der Waals surface area contributed by atoms with Crippen LogP contribution in [0.15, 0.2) is 27.8 Å². The number of fused-ring (bicyclic) bond motifs is 1. The van der Waals surface area contributed by atoms with Crippen LogP contribution in [0, 0.1) is 12.7 Å². The number of carbonyl (C=O) groups is 1. The van der Waals surface area contributed by atoms with E-state index in [1.807, 2.05) is 6.92 Å². The number of nitrogens with one attached hydrogen (secondary N) is 1. The summed E-state index contributed by atoms with van der Waals surface area (Å²) in [7, 11) is 1.78. The number of nitrogens with zero attached hydrogens (tertiary/aromatic N) is 5. The Morgan fingerprint density at radius 1 is 1.18 bits per heavy atom. The van der Waals surface area contributed by atoms with E-state index in [-0.39, 0.29) is 11.7 Å². The smallest absolute Gasteiger partial charge is 0.330 e. The fraction of sp³-hybridized carbons (Fsp3) is 0.478. The van der Waals surface area contributed by atoms with Gasteiger partial charge in [0.15, 0.2) is 11.2 Å². The van der Waals surface area contributed by atoms with Gasteiger partial charge < -0.3 is 9.47 Å². The van der Waals surface area contributed by atoms with Crippen molar-refractivity contribution >= 4 is 17.1 Å². The second-order valence-electron chi connectivity index (χ2n) is 8.56. The number of unbranched alkanes of at least 4 members (excludes halogenated alkanes) is 1. The molecule has 1 saturated heterocycles. The fourth-order valence-corrected chi connectivity index (χ4v) is 4.17. The van der Waals surface area contributed by atoms with E-state index in [0.29, 0.717) is 67.4 Å². The highest BCUT2D eigenvalue weighted by Crippen LogP contribution is 2.16. The number of H-pyrrole nitrogens is 1. The van der Waals surface area contributed by atoms with Crippen molar-refractivity contribution in [3.8, 4) is 0 Å². The number of imidazole rings is 1. The van der Waals surface area contributed by atoms with Gasteiger partial charge in [-0.05, 0) is 31.0 Å². The molecule has 1 aliphatic heterocycles. The van der Waals surface area contributed by atoms with Crippen LogP contribution >= 0.6 is 0 Å². The third kappa shape index (κ3) is 4.47. The second kappa shape index (κ2) is 9.30. The van der Waals surface area contributed by atoms with E-state index in [4.69, 9.17) is 0 Å². The lowest BCUT2D eigenvalue weighted by Crippen LogP contribution is -2.48. The zero-order valence-corrected chi connectivity index (χ0v) is 19.2. The highest BCUT2D eigenvalue weighted by Gasteiger charge is 2.24. The minimum Gasteiger partial charge on any atom is -0.336 e. The molecule has 0 radical (unpaired) electrons. The van der Waals surface area contributed by atoms with Gasteiger partial charge in [0.25, 0.3) is 11.5 Å². The number of amides is 1. The molecule has 1 fully saturated rings. The molecule has 0 aliphatic carbocycles. The number of carbonyl (C=O) groups excluding carboxylic acids is 1. The van der Waals surface area contributed by atoms with Crippen LogP contribution in [0.5, 0.6) is 0 Å².